The molecule has 0 saturated heterocycles. The Kier molecular flexibility index (Phi) is 2.99. The van der Waals surface area contributed by atoms with Crippen molar-refractivity contribution in [2.24, 2.45) is 11.8 Å². The maximum atomic E-state index is 12.2. The summed E-state index contributed by atoms with van der Waals surface area (Å²) in [4.78, 5) is 12.2. The molecule has 1 unspecified atom stereocenters. The van der Waals surface area contributed by atoms with Crippen LogP contribution in [0.3, 0.4) is 0 Å². The Bertz CT molecular complexity index is 407. The van der Waals surface area contributed by atoms with Gasteiger partial charge in [-0.1, -0.05) is 26.0 Å². The highest BCUT2D eigenvalue weighted by molar-refractivity contribution is 6.00. The molecule has 2 nitrogen and oxygen atoms in total. The van der Waals surface area contributed by atoms with Crippen molar-refractivity contribution in [1.82, 2.24) is 0 Å². The monoisotopic (exact) mass is 218 g/mol. The average molecular weight is 218 g/mol. The zero-order valence-corrected chi connectivity index (χ0v) is 10.1. The molecule has 0 fully saturated rings. The molecule has 0 saturated carbocycles. The molecule has 0 aliphatic carbocycles. The number of benzene rings is 1. The van der Waals surface area contributed by atoms with Gasteiger partial charge in [-0.05, 0) is 24.5 Å². The molecule has 16 heavy (non-hydrogen) atoms. The summed E-state index contributed by atoms with van der Waals surface area (Å²) in [6.07, 6.45) is 0.607. The Balaban J connectivity index is 2.36. The van der Waals surface area contributed by atoms with Gasteiger partial charge in [-0.3, -0.25) is 4.79 Å². The smallest absolute Gasteiger partial charge is 0.167 e. The summed E-state index contributed by atoms with van der Waals surface area (Å²) in [6, 6.07) is 5.80. The van der Waals surface area contributed by atoms with E-state index >= 15 is 0 Å². The molecule has 0 aromatic heterocycles. The highest BCUT2D eigenvalue weighted by Gasteiger charge is 2.26. The highest BCUT2D eigenvalue weighted by atomic mass is 16.5. The number of rotatable bonds is 1. The van der Waals surface area contributed by atoms with Crippen LogP contribution in [0.1, 0.15) is 36.2 Å². The van der Waals surface area contributed by atoms with E-state index in [0.717, 1.165) is 16.9 Å². The fourth-order valence-electron chi connectivity index (χ4n) is 2.14. The van der Waals surface area contributed by atoms with Crippen LogP contribution >= 0.6 is 0 Å². The van der Waals surface area contributed by atoms with E-state index in [1.54, 1.807) is 0 Å². The number of hydrogen-bond donors (Lipinski definition) is 0. The van der Waals surface area contributed by atoms with Gasteiger partial charge in [0.05, 0.1) is 12.2 Å². The molecule has 0 amide bonds. The minimum absolute atomic E-state index is 0.226. The Morgan fingerprint density at radius 3 is 2.81 bits per heavy atom. The second-order valence-electron chi connectivity index (χ2n) is 4.89. The number of fused-ring (bicyclic) bond motifs is 1. The number of hydrogen-bond acceptors (Lipinski definition) is 2. The first-order valence-electron chi connectivity index (χ1n) is 5.85. The van der Waals surface area contributed by atoms with E-state index in [1.807, 2.05) is 25.1 Å². The quantitative estimate of drug-likeness (QED) is 0.723. The molecule has 0 radical (unpaired) electrons. The number of ether oxygens (including phenoxy) is 1. The first-order valence-corrected chi connectivity index (χ1v) is 5.85. The molecule has 0 bridgehead atoms. The maximum absolute atomic E-state index is 12.2. The number of Topliss-reactive ketones (excluding diaryl/α,β-unsaturated/α-hetero) is 1. The first-order chi connectivity index (χ1) is 7.59. The third-order valence-electron chi connectivity index (χ3n) is 3.36. The van der Waals surface area contributed by atoms with Gasteiger partial charge in [0, 0.05) is 12.3 Å². The van der Waals surface area contributed by atoms with Crippen LogP contribution in [0.5, 0.6) is 5.75 Å². The SMILES string of the molecule is Cc1cccc2c1C(=O)CC(C(C)C)CO2. The van der Waals surface area contributed by atoms with Crippen molar-refractivity contribution in [2.75, 3.05) is 6.61 Å². The van der Waals surface area contributed by atoms with Crippen LogP contribution < -0.4 is 4.74 Å². The predicted octanol–water partition coefficient (Wildman–Crippen LogP) is 3.23. The first kappa shape index (κ1) is 11.2. The summed E-state index contributed by atoms with van der Waals surface area (Å²) in [5.41, 5.74) is 1.80. The number of carbonyl (C=O) groups excluding carboxylic acids is 1. The lowest BCUT2D eigenvalue weighted by Crippen LogP contribution is -2.18. The van der Waals surface area contributed by atoms with Crippen molar-refractivity contribution < 1.29 is 9.53 Å². The lowest BCUT2D eigenvalue weighted by molar-refractivity contribution is 0.0944. The van der Waals surface area contributed by atoms with Crippen LogP contribution in [-0.2, 0) is 0 Å². The fourth-order valence-corrected chi connectivity index (χ4v) is 2.14. The molecule has 1 aliphatic rings. The lowest BCUT2D eigenvalue weighted by Gasteiger charge is -2.16. The van der Waals surface area contributed by atoms with Crippen LogP contribution in [0.2, 0.25) is 0 Å². The van der Waals surface area contributed by atoms with Gasteiger partial charge in [-0.15, -0.1) is 0 Å². The van der Waals surface area contributed by atoms with E-state index in [4.69, 9.17) is 4.74 Å². The molecule has 0 N–H and O–H groups in total. The van der Waals surface area contributed by atoms with E-state index in [2.05, 4.69) is 13.8 Å². The van der Waals surface area contributed by atoms with E-state index in [-0.39, 0.29) is 5.78 Å². The summed E-state index contributed by atoms with van der Waals surface area (Å²) in [5, 5.41) is 0. The molecule has 86 valence electrons. The van der Waals surface area contributed by atoms with Crippen LogP contribution in [-0.4, -0.2) is 12.4 Å². The van der Waals surface area contributed by atoms with Gasteiger partial charge in [0.2, 0.25) is 0 Å². The molecule has 1 aliphatic heterocycles. The van der Waals surface area contributed by atoms with Gasteiger partial charge < -0.3 is 4.74 Å². The lowest BCUT2D eigenvalue weighted by atomic mass is 9.89. The zero-order valence-electron chi connectivity index (χ0n) is 10.1. The Hall–Kier alpha value is -1.31. The molecule has 1 aromatic rings. The molecule has 0 spiro atoms. The maximum Gasteiger partial charge on any atom is 0.167 e. The van der Waals surface area contributed by atoms with Crippen LogP contribution in [0.4, 0.5) is 0 Å². The van der Waals surface area contributed by atoms with Crippen LogP contribution in [0.15, 0.2) is 18.2 Å². The minimum Gasteiger partial charge on any atom is -0.493 e. The van der Waals surface area contributed by atoms with E-state index in [1.165, 1.54) is 0 Å². The van der Waals surface area contributed by atoms with Crippen molar-refractivity contribution >= 4 is 5.78 Å². The summed E-state index contributed by atoms with van der Waals surface area (Å²) in [7, 11) is 0. The molecular weight excluding hydrogens is 200 g/mol. The molecule has 1 heterocycles. The van der Waals surface area contributed by atoms with Crippen LogP contribution in [0.25, 0.3) is 0 Å². The predicted molar refractivity (Wildman–Crippen MR) is 63.9 cm³/mol. The second kappa shape index (κ2) is 4.28. The zero-order chi connectivity index (χ0) is 11.7. The molecular formula is C14H18O2. The molecule has 1 atom stereocenters. The second-order valence-corrected chi connectivity index (χ2v) is 4.89. The van der Waals surface area contributed by atoms with Gasteiger partial charge in [-0.25, -0.2) is 0 Å². The Labute approximate surface area is 96.6 Å². The molecule has 2 heteroatoms. The van der Waals surface area contributed by atoms with Crippen molar-refractivity contribution in [2.45, 2.75) is 27.2 Å². The van der Waals surface area contributed by atoms with Crippen molar-refractivity contribution in [3.63, 3.8) is 0 Å². The molecule has 2 rings (SSSR count). The third kappa shape index (κ3) is 1.97. The summed E-state index contributed by atoms with van der Waals surface area (Å²) in [6.45, 7) is 6.91. The molecule has 1 aromatic carbocycles. The van der Waals surface area contributed by atoms with E-state index in [9.17, 15) is 4.79 Å². The van der Waals surface area contributed by atoms with E-state index in [0.29, 0.717) is 24.9 Å². The van der Waals surface area contributed by atoms with Crippen molar-refractivity contribution in [3.8, 4) is 5.75 Å². The van der Waals surface area contributed by atoms with Gasteiger partial charge in [0.1, 0.15) is 5.75 Å². The van der Waals surface area contributed by atoms with Crippen molar-refractivity contribution in [1.29, 1.82) is 0 Å². The topological polar surface area (TPSA) is 26.3 Å². The Morgan fingerprint density at radius 2 is 2.12 bits per heavy atom. The fraction of sp³-hybridized carbons (Fsp3) is 0.500. The highest BCUT2D eigenvalue weighted by Crippen LogP contribution is 2.30. The summed E-state index contributed by atoms with van der Waals surface area (Å²) in [5.74, 6) is 1.80. The average Bonchev–Trinajstić information content (AvgIpc) is 2.39. The van der Waals surface area contributed by atoms with Crippen LogP contribution in [0, 0.1) is 18.8 Å². The van der Waals surface area contributed by atoms with Gasteiger partial charge >= 0.3 is 0 Å². The Morgan fingerprint density at radius 1 is 1.38 bits per heavy atom. The van der Waals surface area contributed by atoms with Gasteiger partial charge in [0.15, 0.2) is 5.78 Å². The van der Waals surface area contributed by atoms with Gasteiger partial charge in [-0.2, -0.15) is 0 Å². The third-order valence-corrected chi connectivity index (χ3v) is 3.36. The largest absolute Gasteiger partial charge is 0.493 e. The summed E-state index contributed by atoms with van der Waals surface area (Å²) >= 11 is 0. The van der Waals surface area contributed by atoms with E-state index < -0.39 is 0 Å². The number of carbonyl (C=O) groups is 1. The summed E-state index contributed by atoms with van der Waals surface area (Å²) < 4.78 is 5.75. The standard InChI is InChI=1S/C14H18O2/c1-9(2)11-7-12(15)14-10(3)5-4-6-13(14)16-8-11/h4-6,9,11H,7-8H2,1-3H3. The van der Waals surface area contributed by atoms with Crippen molar-refractivity contribution in [3.05, 3.63) is 29.3 Å². The van der Waals surface area contributed by atoms with Gasteiger partial charge in [0.25, 0.3) is 0 Å². The number of aryl methyl sites for hydroxylation is 1. The minimum atomic E-state index is 0.226. The number of ketones is 1. The normalized spacial score (nSPS) is 20.2.